The number of para-hydroxylation sites is 1. The molecular formula is C23H24N2O3. The Morgan fingerprint density at radius 2 is 2.14 bits per heavy atom. The van der Waals surface area contributed by atoms with Gasteiger partial charge in [0.1, 0.15) is 5.56 Å². The van der Waals surface area contributed by atoms with Crippen molar-refractivity contribution in [3.63, 3.8) is 0 Å². The number of hydrogen-bond donors (Lipinski definition) is 0. The minimum atomic E-state index is -0.533. The standard InChI is InChI=1S/C23H24N2O3/c1-3-13-12-24-9-8-23-17-6-4-5-7-18(17)25-20(23)15(14(13)11-19(23)24)10-16(21(25)26)22(27)28-2/h4-7,10,13-14,19H,3,8-9,11-12H2,1-2H3/t13-,14-,19+,23-/m1/s1. The van der Waals surface area contributed by atoms with Gasteiger partial charge in [-0.15, -0.1) is 0 Å². The lowest BCUT2D eigenvalue weighted by molar-refractivity contribution is 0.0596. The zero-order valence-electron chi connectivity index (χ0n) is 16.3. The van der Waals surface area contributed by atoms with Crippen LogP contribution in [-0.4, -0.2) is 41.7 Å². The number of piperidine rings is 1. The van der Waals surface area contributed by atoms with Gasteiger partial charge in [0.25, 0.3) is 5.56 Å². The van der Waals surface area contributed by atoms with E-state index in [9.17, 15) is 9.59 Å². The molecule has 4 heterocycles. The van der Waals surface area contributed by atoms with E-state index in [1.54, 1.807) is 0 Å². The summed E-state index contributed by atoms with van der Waals surface area (Å²) >= 11 is 0. The maximum Gasteiger partial charge on any atom is 0.343 e. The number of nitrogens with zero attached hydrogens (tertiary/aromatic N) is 2. The molecule has 4 atom stereocenters. The summed E-state index contributed by atoms with van der Waals surface area (Å²) in [5, 5.41) is 0. The minimum absolute atomic E-state index is 0.116. The number of hydrogen-bond acceptors (Lipinski definition) is 4. The van der Waals surface area contributed by atoms with Gasteiger partial charge in [0.15, 0.2) is 0 Å². The van der Waals surface area contributed by atoms with Crippen LogP contribution in [0.15, 0.2) is 35.1 Å². The summed E-state index contributed by atoms with van der Waals surface area (Å²) in [7, 11) is 1.35. The van der Waals surface area contributed by atoms with Crippen molar-refractivity contribution < 1.29 is 9.53 Å². The molecule has 1 aromatic heterocycles. The van der Waals surface area contributed by atoms with Crippen LogP contribution in [0.3, 0.4) is 0 Å². The highest BCUT2D eigenvalue weighted by Gasteiger charge is 2.62. The van der Waals surface area contributed by atoms with Gasteiger partial charge in [-0.2, -0.15) is 0 Å². The highest BCUT2D eigenvalue weighted by molar-refractivity contribution is 5.89. The van der Waals surface area contributed by atoms with Crippen molar-refractivity contribution in [1.29, 1.82) is 0 Å². The van der Waals surface area contributed by atoms with Gasteiger partial charge in [-0.3, -0.25) is 14.3 Å². The number of ether oxygens (including phenoxy) is 1. The topological polar surface area (TPSA) is 51.5 Å². The predicted octanol–water partition coefficient (Wildman–Crippen LogP) is 2.83. The molecule has 2 saturated heterocycles. The zero-order valence-corrected chi connectivity index (χ0v) is 16.3. The quantitative estimate of drug-likeness (QED) is 0.757. The van der Waals surface area contributed by atoms with Gasteiger partial charge in [-0.25, -0.2) is 4.79 Å². The number of aromatic nitrogens is 1. The Balaban J connectivity index is 1.76. The first-order valence-electron chi connectivity index (χ1n) is 10.3. The van der Waals surface area contributed by atoms with Crippen LogP contribution in [0.1, 0.15) is 59.3 Å². The molecule has 0 unspecified atom stereocenters. The smallest absolute Gasteiger partial charge is 0.343 e. The molecule has 5 heteroatoms. The first-order chi connectivity index (χ1) is 13.6. The maximum absolute atomic E-state index is 13.5. The summed E-state index contributed by atoms with van der Waals surface area (Å²) in [6, 6.07) is 10.6. The highest BCUT2D eigenvalue weighted by atomic mass is 16.5. The molecule has 0 radical (unpaired) electrons. The molecule has 2 bridgehead atoms. The molecule has 0 amide bonds. The fourth-order valence-corrected chi connectivity index (χ4v) is 6.81. The van der Waals surface area contributed by atoms with Crippen molar-refractivity contribution in [2.24, 2.45) is 5.92 Å². The molecule has 3 aliphatic heterocycles. The van der Waals surface area contributed by atoms with Crippen molar-refractivity contribution >= 4 is 5.97 Å². The average molecular weight is 376 g/mol. The minimum Gasteiger partial charge on any atom is -0.465 e. The Morgan fingerprint density at radius 3 is 2.93 bits per heavy atom. The number of methoxy groups -OCH3 is 1. The van der Waals surface area contributed by atoms with E-state index in [4.69, 9.17) is 4.74 Å². The lowest BCUT2D eigenvalue weighted by atomic mass is 9.60. The first kappa shape index (κ1) is 16.5. The van der Waals surface area contributed by atoms with Crippen molar-refractivity contribution in [3.8, 4) is 5.69 Å². The normalized spacial score (nSPS) is 31.4. The van der Waals surface area contributed by atoms with Crippen LogP contribution in [0.4, 0.5) is 0 Å². The molecule has 2 aromatic rings. The van der Waals surface area contributed by atoms with Gasteiger partial charge < -0.3 is 4.74 Å². The molecule has 28 heavy (non-hydrogen) atoms. The number of fused-ring (bicyclic) bond motifs is 4. The average Bonchev–Trinajstić information content (AvgIpc) is 3.27. The molecule has 6 rings (SSSR count). The summed E-state index contributed by atoms with van der Waals surface area (Å²) in [6.45, 7) is 4.45. The molecule has 2 fully saturated rings. The van der Waals surface area contributed by atoms with E-state index < -0.39 is 5.97 Å². The van der Waals surface area contributed by atoms with Crippen LogP contribution >= 0.6 is 0 Å². The van der Waals surface area contributed by atoms with E-state index in [1.807, 2.05) is 22.8 Å². The number of pyridine rings is 1. The number of esters is 1. The Kier molecular flexibility index (Phi) is 3.16. The van der Waals surface area contributed by atoms with Crippen LogP contribution < -0.4 is 5.56 Å². The molecule has 144 valence electrons. The molecule has 4 aliphatic rings. The Morgan fingerprint density at radius 1 is 1.32 bits per heavy atom. The fourth-order valence-electron chi connectivity index (χ4n) is 6.81. The number of carbonyl (C=O) groups excluding carboxylic acids is 1. The number of carbonyl (C=O) groups is 1. The second kappa shape index (κ2) is 5.35. The van der Waals surface area contributed by atoms with E-state index >= 15 is 0 Å². The number of benzene rings is 1. The summed E-state index contributed by atoms with van der Waals surface area (Å²) in [5.74, 6) is 0.426. The Hall–Kier alpha value is -2.40. The SMILES string of the molecule is CC[C@@H]1CN2CC[C@]34c5ccccc5-n5c3c(cc(C(=O)OC)c5=O)[C@@H]1C[C@H]24. The molecule has 1 spiro atoms. The van der Waals surface area contributed by atoms with Gasteiger partial charge in [0.05, 0.1) is 18.2 Å². The molecule has 5 nitrogen and oxygen atoms in total. The molecule has 0 saturated carbocycles. The van der Waals surface area contributed by atoms with E-state index in [0.717, 1.165) is 43.7 Å². The fraction of sp³-hybridized carbons (Fsp3) is 0.478. The monoisotopic (exact) mass is 376 g/mol. The van der Waals surface area contributed by atoms with Gasteiger partial charge in [0, 0.05) is 18.3 Å². The van der Waals surface area contributed by atoms with Gasteiger partial charge >= 0.3 is 5.97 Å². The summed E-state index contributed by atoms with van der Waals surface area (Å²) < 4.78 is 6.82. The van der Waals surface area contributed by atoms with Crippen LogP contribution in [0.25, 0.3) is 5.69 Å². The third-order valence-corrected chi connectivity index (χ3v) is 7.93. The van der Waals surface area contributed by atoms with E-state index in [2.05, 4.69) is 24.0 Å². The lowest BCUT2D eigenvalue weighted by Gasteiger charge is -2.50. The molecular weight excluding hydrogens is 352 g/mol. The summed E-state index contributed by atoms with van der Waals surface area (Å²) in [4.78, 5) is 28.6. The maximum atomic E-state index is 13.5. The van der Waals surface area contributed by atoms with Gasteiger partial charge in [-0.1, -0.05) is 31.5 Å². The van der Waals surface area contributed by atoms with Crippen molar-refractivity contribution in [2.75, 3.05) is 20.2 Å². The third kappa shape index (κ3) is 1.68. The van der Waals surface area contributed by atoms with Crippen LogP contribution in [0.5, 0.6) is 0 Å². The van der Waals surface area contributed by atoms with Gasteiger partial charge in [-0.05, 0) is 54.5 Å². The van der Waals surface area contributed by atoms with Crippen LogP contribution in [-0.2, 0) is 10.2 Å². The van der Waals surface area contributed by atoms with E-state index in [0.29, 0.717) is 17.9 Å². The van der Waals surface area contributed by atoms with Crippen LogP contribution in [0.2, 0.25) is 0 Å². The highest BCUT2D eigenvalue weighted by Crippen LogP contribution is 2.61. The molecule has 1 aromatic carbocycles. The third-order valence-electron chi connectivity index (χ3n) is 7.93. The summed E-state index contributed by atoms with van der Waals surface area (Å²) in [6.07, 6.45) is 3.26. The van der Waals surface area contributed by atoms with E-state index in [-0.39, 0.29) is 16.5 Å². The van der Waals surface area contributed by atoms with Crippen molar-refractivity contribution in [1.82, 2.24) is 9.47 Å². The first-order valence-corrected chi connectivity index (χ1v) is 10.3. The summed E-state index contributed by atoms with van der Waals surface area (Å²) in [5.41, 5.74) is 4.40. The predicted molar refractivity (Wildman–Crippen MR) is 105 cm³/mol. The Bertz CT molecular complexity index is 1090. The second-order valence-electron chi connectivity index (χ2n) is 8.75. The largest absolute Gasteiger partial charge is 0.465 e. The second-order valence-corrected chi connectivity index (χ2v) is 8.75. The van der Waals surface area contributed by atoms with Gasteiger partial charge in [0.2, 0.25) is 0 Å². The van der Waals surface area contributed by atoms with Crippen molar-refractivity contribution in [2.45, 2.75) is 43.6 Å². The molecule has 1 aliphatic carbocycles. The van der Waals surface area contributed by atoms with E-state index in [1.165, 1.54) is 18.2 Å². The lowest BCUT2D eigenvalue weighted by Crippen LogP contribution is -2.54. The number of rotatable bonds is 2. The van der Waals surface area contributed by atoms with Crippen molar-refractivity contribution in [3.05, 3.63) is 63.1 Å². The molecule has 0 N–H and O–H groups in total. The Labute approximate surface area is 163 Å². The zero-order chi connectivity index (χ0) is 19.2. The van der Waals surface area contributed by atoms with Crippen LogP contribution in [0, 0.1) is 5.92 Å².